The second-order valence-corrected chi connectivity index (χ2v) is 7.07. The van der Waals surface area contributed by atoms with Gasteiger partial charge in [-0.15, -0.1) is 0 Å². The fourth-order valence-electron chi connectivity index (χ4n) is 3.49. The summed E-state index contributed by atoms with van der Waals surface area (Å²) in [6, 6.07) is 9.33. The quantitative estimate of drug-likeness (QED) is 0.885. The molecule has 1 aromatic heterocycles. The average Bonchev–Trinajstić information content (AvgIpc) is 2.69. The van der Waals surface area contributed by atoms with Crippen LogP contribution in [0.25, 0.3) is 0 Å². The molecule has 1 N–H and O–H groups in total. The molecular formula is C20H26N4O3. The van der Waals surface area contributed by atoms with E-state index in [1.807, 2.05) is 29.2 Å². The van der Waals surface area contributed by atoms with Crippen LogP contribution in [0.2, 0.25) is 0 Å². The number of hydrogen-bond donors (Lipinski definition) is 1. The SMILES string of the molecule is CCc1ccc(NC(=O)C2CCCN(c3cc(=O)n(C)c(=O)n3C)C2)cc1. The van der Waals surface area contributed by atoms with Crippen LogP contribution in [0, 0.1) is 5.92 Å². The lowest BCUT2D eigenvalue weighted by molar-refractivity contribution is -0.120. The van der Waals surface area contributed by atoms with Gasteiger partial charge in [0.25, 0.3) is 5.56 Å². The van der Waals surface area contributed by atoms with Gasteiger partial charge in [-0.2, -0.15) is 0 Å². The molecule has 144 valence electrons. The number of benzene rings is 1. The summed E-state index contributed by atoms with van der Waals surface area (Å²) in [5.74, 6) is 0.342. The van der Waals surface area contributed by atoms with Crippen LogP contribution in [0.15, 0.2) is 39.9 Å². The summed E-state index contributed by atoms with van der Waals surface area (Å²) >= 11 is 0. The number of hydrogen-bond acceptors (Lipinski definition) is 4. The third-order valence-electron chi connectivity index (χ3n) is 5.25. The number of nitrogens with one attached hydrogen (secondary N) is 1. The summed E-state index contributed by atoms with van der Waals surface area (Å²) in [4.78, 5) is 38.8. The van der Waals surface area contributed by atoms with Gasteiger partial charge in [-0.05, 0) is 37.0 Å². The van der Waals surface area contributed by atoms with Crippen LogP contribution in [0.4, 0.5) is 11.5 Å². The molecule has 1 saturated heterocycles. The maximum absolute atomic E-state index is 12.7. The van der Waals surface area contributed by atoms with Crippen LogP contribution in [0.5, 0.6) is 0 Å². The largest absolute Gasteiger partial charge is 0.357 e. The van der Waals surface area contributed by atoms with Gasteiger partial charge in [-0.3, -0.25) is 18.7 Å². The van der Waals surface area contributed by atoms with E-state index < -0.39 is 0 Å². The molecule has 1 aliphatic heterocycles. The Morgan fingerprint density at radius 2 is 1.85 bits per heavy atom. The Kier molecular flexibility index (Phi) is 5.48. The van der Waals surface area contributed by atoms with Crippen molar-refractivity contribution in [2.45, 2.75) is 26.2 Å². The predicted molar refractivity (Wildman–Crippen MR) is 106 cm³/mol. The number of aromatic nitrogens is 2. The Bertz CT molecular complexity index is 943. The Hall–Kier alpha value is -2.83. The van der Waals surface area contributed by atoms with Crippen molar-refractivity contribution in [3.63, 3.8) is 0 Å². The number of aryl methyl sites for hydroxylation is 1. The minimum Gasteiger partial charge on any atom is -0.357 e. The van der Waals surface area contributed by atoms with Gasteiger partial charge in [0, 0.05) is 38.9 Å². The minimum absolute atomic E-state index is 0.0298. The average molecular weight is 370 g/mol. The second kappa shape index (κ2) is 7.82. The van der Waals surface area contributed by atoms with Crippen molar-refractivity contribution < 1.29 is 4.79 Å². The third-order valence-corrected chi connectivity index (χ3v) is 5.25. The summed E-state index contributed by atoms with van der Waals surface area (Å²) in [7, 11) is 3.11. The first-order chi connectivity index (χ1) is 12.9. The molecule has 7 nitrogen and oxygen atoms in total. The lowest BCUT2D eigenvalue weighted by Gasteiger charge is -2.34. The molecule has 1 aromatic carbocycles. The molecule has 2 aromatic rings. The van der Waals surface area contributed by atoms with Crippen LogP contribution in [-0.2, 0) is 25.3 Å². The zero-order valence-corrected chi connectivity index (χ0v) is 16.1. The molecule has 0 aliphatic carbocycles. The Balaban J connectivity index is 1.75. The Morgan fingerprint density at radius 1 is 1.15 bits per heavy atom. The molecule has 0 saturated carbocycles. The molecule has 0 bridgehead atoms. The molecule has 0 radical (unpaired) electrons. The van der Waals surface area contributed by atoms with Crippen LogP contribution in [0.1, 0.15) is 25.3 Å². The van der Waals surface area contributed by atoms with E-state index in [-0.39, 0.29) is 23.1 Å². The zero-order valence-electron chi connectivity index (χ0n) is 16.1. The lowest BCUT2D eigenvalue weighted by atomic mass is 9.97. The third kappa shape index (κ3) is 3.97. The highest BCUT2D eigenvalue weighted by atomic mass is 16.2. The van der Waals surface area contributed by atoms with Gasteiger partial charge in [-0.25, -0.2) is 4.79 Å². The van der Waals surface area contributed by atoms with Crippen LogP contribution < -0.4 is 21.5 Å². The summed E-state index contributed by atoms with van der Waals surface area (Å²) in [6.07, 6.45) is 2.57. The molecule has 3 rings (SSSR count). The van der Waals surface area contributed by atoms with E-state index in [1.54, 1.807) is 7.05 Å². The van der Waals surface area contributed by atoms with Gasteiger partial charge in [0.2, 0.25) is 5.91 Å². The molecular weight excluding hydrogens is 344 g/mol. The molecule has 1 amide bonds. The van der Waals surface area contributed by atoms with Crippen molar-refractivity contribution in [1.82, 2.24) is 9.13 Å². The maximum Gasteiger partial charge on any atom is 0.332 e. The lowest BCUT2D eigenvalue weighted by Crippen LogP contribution is -2.45. The maximum atomic E-state index is 12.7. The van der Waals surface area contributed by atoms with E-state index in [0.29, 0.717) is 12.4 Å². The van der Waals surface area contributed by atoms with E-state index >= 15 is 0 Å². The van der Waals surface area contributed by atoms with E-state index in [4.69, 9.17) is 0 Å². The molecule has 1 aliphatic rings. The highest BCUT2D eigenvalue weighted by molar-refractivity contribution is 5.93. The first-order valence-corrected chi connectivity index (χ1v) is 9.32. The fraction of sp³-hybridized carbons (Fsp3) is 0.450. The molecule has 1 fully saturated rings. The van der Waals surface area contributed by atoms with Crippen LogP contribution in [0.3, 0.4) is 0 Å². The van der Waals surface area contributed by atoms with Crippen LogP contribution >= 0.6 is 0 Å². The van der Waals surface area contributed by atoms with Gasteiger partial charge in [0.1, 0.15) is 5.82 Å². The number of carbonyl (C=O) groups is 1. The van der Waals surface area contributed by atoms with Crippen molar-refractivity contribution in [2.75, 3.05) is 23.3 Å². The Labute approximate surface area is 158 Å². The summed E-state index contributed by atoms with van der Waals surface area (Å²) < 4.78 is 2.54. The van der Waals surface area contributed by atoms with Gasteiger partial charge in [0.05, 0.1) is 5.92 Å². The van der Waals surface area contributed by atoms with E-state index in [9.17, 15) is 14.4 Å². The number of carbonyl (C=O) groups excluding carboxylic acids is 1. The van der Waals surface area contributed by atoms with E-state index in [1.165, 1.54) is 23.2 Å². The second-order valence-electron chi connectivity index (χ2n) is 7.07. The monoisotopic (exact) mass is 370 g/mol. The summed E-state index contributed by atoms with van der Waals surface area (Å²) in [5.41, 5.74) is 1.31. The molecule has 0 spiro atoms. The first kappa shape index (κ1) is 18.9. The van der Waals surface area contributed by atoms with Crippen LogP contribution in [-0.4, -0.2) is 28.1 Å². The molecule has 1 unspecified atom stereocenters. The molecule has 2 heterocycles. The van der Waals surface area contributed by atoms with Crippen molar-refractivity contribution in [3.05, 3.63) is 56.7 Å². The predicted octanol–water partition coefficient (Wildman–Crippen LogP) is 1.50. The van der Waals surface area contributed by atoms with E-state index in [2.05, 4.69) is 12.2 Å². The number of amides is 1. The molecule has 1 atom stereocenters. The highest BCUT2D eigenvalue weighted by Gasteiger charge is 2.27. The number of piperidine rings is 1. The number of anilines is 2. The van der Waals surface area contributed by atoms with Gasteiger partial charge in [0.15, 0.2) is 0 Å². The smallest absolute Gasteiger partial charge is 0.332 e. The standard InChI is InChI=1S/C20H26N4O3/c1-4-14-7-9-16(10-8-14)21-19(26)15-6-5-11-24(13-15)17-12-18(25)23(3)20(27)22(17)2/h7-10,12,15H,4-6,11,13H2,1-3H3,(H,21,26). The van der Waals surface area contributed by atoms with Crippen molar-refractivity contribution >= 4 is 17.4 Å². The molecule has 27 heavy (non-hydrogen) atoms. The fourth-order valence-corrected chi connectivity index (χ4v) is 3.49. The van der Waals surface area contributed by atoms with Crippen molar-refractivity contribution in [1.29, 1.82) is 0 Å². The zero-order chi connectivity index (χ0) is 19.6. The number of nitrogens with zero attached hydrogens (tertiary/aromatic N) is 3. The van der Waals surface area contributed by atoms with E-state index in [0.717, 1.165) is 36.1 Å². The van der Waals surface area contributed by atoms with Gasteiger partial charge >= 0.3 is 5.69 Å². The molecule has 7 heteroatoms. The van der Waals surface area contributed by atoms with Gasteiger partial charge < -0.3 is 10.2 Å². The number of rotatable bonds is 4. The topological polar surface area (TPSA) is 76.3 Å². The highest BCUT2D eigenvalue weighted by Crippen LogP contribution is 2.23. The first-order valence-electron chi connectivity index (χ1n) is 9.32. The normalized spacial score (nSPS) is 17.0. The van der Waals surface area contributed by atoms with Gasteiger partial charge in [-0.1, -0.05) is 19.1 Å². The summed E-state index contributed by atoms with van der Waals surface area (Å²) in [5, 5.41) is 2.98. The van der Waals surface area contributed by atoms with Crippen molar-refractivity contribution in [3.8, 4) is 0 Å². The summed E-state index contributed by atoms with van der Waals surface area (Å²) in [6.45, 7) is 3.29. The Morgan fingerprint density at radius 3 is 2.52 bits per heavy atom. The minimum atomic E-state index is -0.361. The van der Waals surface area contributed by atoms with Crippen molar-refractivity contribution in [2.24, 2.45) is 20.0 Å².